The smallest absolute Gasteiger partial charge is 0.262 e. The molecule has 0 bridgehead atoms. The molecule has 0 aliphatic heterocycles. The van der Waals surface area contributed by atoms with Gasteiger partial charge in [0.1, 0.15) is 0 Å². The molecule has 1 atom stereocenters. The third kappa shape index (κ3) is 4.48. The van der Waals surface area contributed by atoms with E-state index in [1.807, 2.05) is 22.2 Å². The minimum Gasteiger partial charge on any atom is -0.262 e. The highest BCUT2D eigenvalue weighted by Crippen LogP contribution is 2.26. The summed E-state index contributed by atoms with van der Waals surface area (Å²) in [6.07, 6.45) is 7.77. The van der Waals surface area contributed by atoms with E-state index < -0.39 is 4.92 Å². The van der Waals surface area contributed by atoms with Crippen LogP contribution in [-0.4, -0.2) is 20.3 Å². The second kappa shape index (κ2) is 8.48. The summed E-state index contributed by atoms with van der Waals surface area (Å²) in [4.78, 5) is 20.2. The molecule has 2 heterocycles. The Morgan fingerprint density at radius 1 is 1.28 bits per heavy atom. The molecule has 2 aromatic heterocycles. The van der Waals surface area contributed by atoms with E-state index in [4.69, 9.17) is 10.1 Å². The summed E-state index contributed by atoms with van der Waals surface area (Å²) in [5.74, 6) is 0.628. The second-order valence-electron chi connectivity index (χ2n) is 7.21. The van der Waals surface area contributed by atoms with E-state index in [1.54, 1.807) is 24.5 Å². The van der Waals surface area contributed by atoms with Gasteiger partial charge in [0, 0.05) is 35.0 Å². The van der Waals surface area contributed by atoms with Gasteiger partial charge in [-0.05, 0) is 55.9 Å². The predicted octanol–water partition coefficient (Wildman–Crippen LogP) is 5.17. The number of nitrogens with zero attached hydrogens (tertiary/aromatic N) is 5. The molecule has 0 radical (unpaired) electrons. The minimum absolute atomic E-state index is 0.0724. The maximum Gasteiger partial charge on any atom is 0.269 e. The number of non-ortho nitro benzene ring substituents is 1. The van der Waals surface area contributed by atoms with Gasteiger partial charge in [-0.25, -0.2) is 9.67 Å². The van der Waals surface area contributed by atoms with Crippen molar-refractivity contribution >= 4 is 28.4 Å². The lowest BCUT2D eigenvalue weighted by atomic mass is 9.89. The van der Waals surface area contributed by atoms with Gasteiger partial charge in [0.25, 0.3) is 5.69 Å². The van der Waals surface area contributed by atoms with Crippen LogP contribution in [-0.2, 0) is 0 Å². The third-order valence-corrected chi connectivity index (χ3v) is 5.73. The molecular weight excluding hydrogens is 386 g/mol. The standard InChI is InChI=1S/C21H21N5O2S/c1-15-4-2-5-17(12-15)24-25-20(16-7-9-19(10-8-16)26(27)28)14-29-21(25)23-18-6-3-11-22-13-18/h3,6-11,13-15H,2,4-5,12H2,1H3. The van der Waals surface area contributed by atoms with Gasteiger partial charge in [-0.15, -0.1) is 11.3 Å². The van der Waals surface area contributed by atoms with Crippen LogP contribution in [0.25, 0.3) is 11.3 Å². The molecule has 0 N–H and O–H groups in total. The first kappa shape index (κ1) is 19.2. The number of nitro benzene ring substituents is 1. The van der Waals surface area contributed by atoms with Gasteiger partial charge in [0.15, 0.2) is 0 Å². The van der Waals surface area contributed by atoms with Crippen LogP contribution in [0.15, 0.2) is 64.3 Å². The van der Waals surface area contributed by atoms with Crippen LogP contribution in [0.2, 0.25) is 0 Å². The van der Waals surface area contributed by atoms with Crippen LogP contribution >= 0.6 is 11.3 Å². The maximum atomic E-state index is 11.0. The molecule has 0 spiro atoms. The van der Waals surface area contributed by atoms with Gasteiger partial charge in [-0.1, -0.05) is 6.92 Å². The highest BCUT2D eigenvalue weighted by molar-refractivity contribution is 7.07. The quantitative estimate of drug-likeness (QED) is 0.442. The van der Waals surface area contributed by atoms with E-state index in [-0.39, 0.29) is 5.69 Å². The molecule has 1 saturated carbocycles. The first-order valence-corrected chi connectivity index (χ1v) is 10.4. The van der Waals surface area contributed by atoms with Crippen molar-refractivity contribution in [3.05, 3.63) is 69.1 Å². The molecule has 1 aliphatic rings. The first-order valence-electron chi connectivity index (χ1n) is 9.57. The Labute approximate surface area is 172 Å². The number of aromatic nitrogens is 2. The molecule has 8 heteroatoms. The topological polar surface area (TPSA) is 85.7 Å². The molecule has 1 unspecified atom stereocenters. The summed E-state index contributed by atoms with van der Waals surface area (Å²) in [7, 11) is 0. The lowest BCUT2D eigenvalue weighted by Crippen LogP contribution is -2.18. The lowest BCUT2D eigenvalue weighted by molar-refractivity contribution is -0.384. The van der Waals surface area contributed by atoms with E-state index in [0.717, 1.165) is 46.7 Å². The van der Waals surface area contributed by atoms with Crippen LogP contribution in [0.4, 0.5) is 11.4 Å². The highest BCUT2D eigenvalue weighted by atomic mass is 32.1. The summed E-state index contributed by atoms with van der Waals surface area (Å²) in [5, 5.41) is 17.9. The Hall–Kier alpha value is -3.13. The fourth-order valence-electron chi connectivity index (χ4n) is 3.45. The van der Waals surface area contributed by atoms with Crippen molar-refractivity contribution in [3.63, 3.8) is 0 Å². The molecule has 3 aromatic rings. The zero-order valence-electron chi connectivity index (χ0n) is 16.1. The Morgan fingerprint density at radius 2 is 2.10 bits per heavy atom. The molecule has 148 valence electrons. The Balaban J connectivity index is 1.82. The predicted molar refractivity (Wildman–Crippen MR) is 114 cm³/mol. The molecule has 0 amide bonds. The van der Waals surface area contributed by atoms with Crippen molar-refractivity contribution in [2.24, 2.45) is 16.0 Å². The van der Waals surface area contributed by atoms with E-state index in [1.165, 1.54) is 29.9 Å². The highest BCUT2D eigenvalue weighted by Gasteiger charge is 2.16. The van der Waals surface area contributed by atoms with Crippen molar-refractivity contribution in [1.82, 2.24) is 9.66 Å². The molecule has 7 nitrogen and oxygen atoms in total. The van der Waals surface area contributed by atoms with E-state index in [0.29, 0.717) is 5.92 Å². The summed E-state index contributed by atoms with van der Waals surface area (Å²) in [6, 6.07) is 10.3. The van der Waals surface area contributed by atoms with Gasteiger partial charge in [-0.2, -0.15) is 5.10 Å². The molecule has 4 rings (SSSR count). The number of pyridine rings is 1. The van der Waals surface area contributed by atoms with Crippen molar-refractivity contribution < 1.29 is 4.92 Å². The van der Waals surface area contributed by atoms with Gasteiger partial charge in [-0.3, -0.25) is 15.1 Å². The fraction of sp³-hybridized carbons (Fsp3) is 0.286. The van der Waals surface area contributed by atoms with E-state index in [9.17, 15) is 10.1 Å². The maximum absolute atomic E-state index is 11.0. The van der Waals surface area contributed by atoms with Gasteiger partial charge >= 0.3 is 0 Å². The molecule has 0 saturated heterocycles. The normalized spacial score (nSPS) is 18.9. The summed E-state index contributed by atoms with van der Waals surface area (Å²) < 4.78 is 1.87. The van der Waals surface area contributed by atoms with Crippen molar-refractivity contribution in [2.75, 3.05) is 0 Å². The van der Waals surface area contributed by atoms with Crippen LogP contribution < -0.4 is 4.80 Å². The Morgan fingerprint density at radius 3 is 2.79 bits per heavy atom. The monoisotopic (exact) mass is 407 g/mol. The number of nitro groups is 1. The van der Waals surface area contributed by atoms with Crippen molar-refractivity contribution in [3.8, 4) is 11.3 Å². The SMILES string of the molecule is CC1CCCC(=Nn2c(-c3ccc([N+](=O)[O-])cc3)csc2=Nc2cccnc2)C1. The first-order chi connectivity index (χ1) is 14.1. The molecule has 1 aliphatic carbocycles. The minimum atomic E-state index is -0.391. The zero-order chi connectivity index (χ0) is 20.2. The largest absolute Gasteiger partial charge is 0.269 e. The van der Waals surface area contributed by atoms with Crippen LogP contribution in [0.3, 0.4) is 0 Å². The van der Waals surface area contributed by atoms with Crippen molar-refractivity contribution in [1.29, 1.82) is 0 Å². The van der Waals surface area contributed by atoms with Gasteiger partial charge in [0.2, 0.25) is 4.80 Å². The van der Waals surface area contributed by atoms with Gasteiger partial charge < -0.3 is 0 Å². The number of rotatable bonds is 4. The third-order valence-electron chi connectivity index (χ3n) is 4.92. The van der Waals surface area contributed by atoms with Crippen molar-refractivity contribution in [2.45, 2.75) is 32.6 Å². The van der Waals surface area contributed by atoms with Gasteiger partial charge in [0.05, 0.1) is 22.5 Å². The second-order valence-corrected chi connectivity index (χ2v) is 8.05. The molecular formula is C21H21N5O2S. The summed E-state index contributed by atoms with van der Waals surface area (Å²) in [5.41, 5.74) is 3.74. The molecule has 29 heavy (non-hydrogen) atoms. The number of hydrogen-bond acceptors (Lipinski definition) is 6. The number of hydrogen-bond donors (Lipinski definition) is 0. The molecule has 1 aromatic carbocycles. The fourth-order valence-corrected chi connectivity index (χ4v) is 4.30. The Bertz CT molecular complexity index is 1100. The van der Waals surface area contributed by atoms with Crippen LogP contribution in [0.1, 0.15) is 32.6 Å². The lowest BCUT2D eigenvalue weighted by Gasteiger charge is -2.19. The number of benzene rings is 1. The average molecular weight is 407 g/mol. The van der Waals surface area contributed by atoms with Crippen LogP contribution in [0, 0.1) is 16.0 Å². The van der Waals surface area contributed by atoms with E-state index in [2.05, 4.69) is 11.9 Å². The molecule has 1 fully saturated rings. The Kier molecular flexibility index (Phi) is 5.62. The van der Waals surface area contributed by atoms with Crippen LogP contribution in [0.5, 0.6) is 0 Å². The summed E-state index contributed by atoms with van der Waals surface area (Å²) in [6.45, 7) is 2.26. The average Bonchev–Trinajstić information content (AvgIpc) is 3.11. The summed E-state index contributed by atoms with van der Waals surface area (Å²) >= 11 is 1.49. The zero-order valence-corrected chi connectivity index (χ0v) is 16.9. The number of thiazole rings is 1. The van der Waals surface area contributed by atoms with E-state index >= 15 is 0 Å².